The summed E-state index contributed by atoms with van der Waals surface area (Å²) in [7, 11) is 3.27. The van der Waals surface area contributed by atoms with Crippen LogP contribution in [0.4, 0.5) is 5.69 Å². The molecule has 0 radical (unpaired) electrons. The van der Waals surface area contributed by atoms with Gasteiger partial charge in [-0.25, -0.2) is 0 Å². The number of benzene rings is 1. The van der Waals surface area contributed by atoms with Crippen LogP contribution in [0.1, 0.15) is 29.6 Å². The summed E-state index contributed by atoms with van der Waals surface area (Å²) in [6.45, 7) is 0.508. The first-order valence-electron chi connectivity index (χ1n) is 6.18. The Morgan fingerprint density at radius 3 is 2.58 bits per heavy atom. The van der Waals surface area contributed by atoms with Gasteiger partial charge in [-0.2, -0.15) is 0 Å². The zero-order chi connectivity index (χ0) is 14.1. The molecule has 0 unspecified atom stereocenters. The summed E-state index contributed by atoms with van der Waals surface area (Å²) in [5.74, 6) is 1.11. The lowest BCUT2D eigenvalue weighted by Gasteiger charge is -2.13. The first-order chi connectivity index (χ1) is 9.26. The molecule has 0 heterocycles. The lowest BCUT2D eigenvalue weighted by atomic mass is 10.1. The molecule has 1 rings (SSSR count). The standard InChI is InChI=1S/C14H19NO4/c1-15-12-9-14(19-7-5-3-4-6-16)13(18-2)8-11(12)10-17/h6,8-10,15H,3-5,7H2,1-2H3. The summed E-state index contributed by atoms with van der Waals surface area (Å²) < 4.78 is 10.8. The molecular weight excluding hydrogens is 246 g/mol. The van der Waals surface area contributed by atoms with Crippen LogP contribution in [0.2, 0.25) is 0 Å². The molecule has 0 bridgehead atoms. The van der Waals surface area contributed by atoms with Crippen LogP contribution in [0.5, 0.6) is 11.5 Å². The summed E-state index contributed by atoms with van der Waals surface area (Å²) in [4.78, 5) is 21.1. The van der Waals surface area contributed by atoms with E-state index in [-0.39, 0.29) is 0 Å². The van der Waals surface area contributed by atoms with Gasteiger partial charge >= 0.3 is 0 Å². The second-order valence-electron chi connectivity index (χ2n) is 3.97. The number of methoxy groups -OCH3 is 1. The Kier molecular flexibility index (Phi) is 6.43. The van der Waals surface area contributed by atoms with Gasteiger partial charge in [-0.15, -0.1) is 0 Å². The number of carbonyl (C=O) groups is 2. The molecule has 0 aliphatic rings. The van der Waals surface area contributed by atoms with E-state index in [0.717, 1.165) is 25.4 Å². The molecule has 104 valence electrons. The van der Waals surface area contributed by atoms with E-state index in [9.17, 15) is 9.59 Å². The number of carbonyl (C=O) groups excluding carboxylic acids is 2. The van der Waals surface area contributed by atoms with Crippen molar-refractivity contribution in [1.29, 1.82) is 0 Å². The summed E-state index contributed by atoms with van der Waals surface area (Å²) in [6.07, 6.45) is 3.82. The van der Waals surface area contributed by atoms with E-state index in [4.69, 9.17) is 9.47 Å². The Morgan fingerprint density at radius 2 is 2.00 bits per heavy atom. The van der Waals surface area contributed by atoms with Crippen LogP contribution in [0, 0.1) is 0 Å². The molecule has 0 saturated carbocycles. The van der Waals surface area contributed by atoms with Crippen LogP contribution < -0.4 is 14.8 Å². The minimum atomic E-state index is 0.508. The molecule has 0 saturated heterocycles. The number of aldehydes is 2. The van der Waals surface area contributed by atoms with Crippen molar-refractivity contribution < 1.29 is 19.1 Å². The lowest BCUT2D eigenvalue weighted by Crippen LogP contribution is -2.02. The molecule has 0 aromatic heterocycles. The van der Waals surface area contributed by atoms with Crippen LogP contribution in [-0.2, 0) is 4.79 Å². The molecule has 0 fully saturated rings. The van der Waals surface area contributed by atoms with E-state index < -0.39 is 0 Å². The molecular formula is C14H19NO4. The van der Waals surface area contributed by atoms with Crippen molar-refractivity contribution in [2.45, 2.75) is 19.3 Å². The second kappa shape index (κ2) is 8.13. The highest BCUT2D eigenvalue weighted by Gasteiger charge is 2.10. The maximum atomic E-state index is 10.9. The summed E-state index contributed by atoms with van der Waals surface area (Å²) in [5.41, 5.74) is 1.21. The SMILES string of the molecule is CNc1cc(OCCCCC=O)c(OC)cc1C=O. The fraction of sp³-hybridized carbons (Fsp3) is 0.429. The van der Waals surface area contributed by atoms with Crippen molar-refractivity contribution in [1.82, 2.24) is 0 Å². The molecule has 5 nitrogen and oxygen atoms in total. The van der Waals surface area contributed by atoms with Gasteiger partial charge in [-0.1, -0.05) is 0 Å². The average Bonchev–Trinajstić information content (AvgIpc) is 2.46. The Labute approximate surface area is 112 Å². The third-order valence-electron chi connectivity index (χ3n) is 2.71. The van der Waals surface area contributed by atoms with Gasteiger partial charge in [0.05, 0.1) is 13.7 Å². The van der Waals surface area contributed by atoms with Gasteiger partial charge in [0, 0.05) is 30.8 Å². The van der Waals surface area contributed by atoms with Crippen molar-refractivity contribution in [3.05, 3.63) is 17.7 Å². The second-order valence-corrected chi connectivity index (χ2v) is 3.97. The maximum absolute atomic E-state index is 10.9. The highest BCUT2D eigenvalue weighted by atomic mass is 16.5. The highest BCUT2D eigenvalue weighted by Crippen LogP contribution is 2.32. The van der Waals surface area contributed by atoms with Crippen LogP contribution in [0.15, 0.2) is 12.1 Å². The number of unbranched alkanes of at least 4 members (excludes halogenated alkanes) is 2. The van der Waals surface area contributed by atoms with Gasteiger partial charge in [-0.3, -0.25) is 4.79 Å². The molecule has 0 spiro atoms. The topological polar surface area (TPSA) is 64.6 Å². The quantitative estimate of drug-likeness (QED) is 0.548. The normalized spacial score (nSPS) is 9.79. The van der Waals surface area contributed by atoms with Gasteiger partial charge in [0.2, 0.25) is 0 Å². The molecule has 5 heteroatoms. The van der Waals surface area contributed by atoms with Crippen molar-refractivity contribution in [3.63, 3.8) is 0 Å². The van der Waals surface area contributed by atoms with Gasteiger partial charge in [-0.05, 0) is 18.9 Å². The Morgan fingerprint density at radius 1 is 1.21 bits per heavy atom. The minimum absolute atomic E-state index is 0.508. The average molecular weight is 265 g/mol. The van der Waals surface area contributed by atoms with E-state index in [1.54, 1.807) is 19.2 Å². The maximum Gasteiger partial charge on any atom is 0.163 e. The predicted molar refractivity (Wildman–Crippen MR) is 73.3 cm³/mol. The molecule has 0 aliphatic heterocycles. The minimum Gasteiger partial charge on any atom is -0.493 e. The first-order valence-corrected chi connectivity index (χ1v) is 6.18. The molecule has 1 aromatic rings. The van der Waals surface area contributed by atoms with Gasteiger partial charge in [0.15, 0.2) is 17.8 Å². The zero-order valence-corrected chi connectivity index (χ0v) is 11.3. The molecule has 0 aliphatic carbocycles. The molecule has 0 atom stereocenters. The molecule has 1 N–H and O–H groups in total. The molecule has 19 heavy (non-hydrogen) atoms. The Hall–Kier alpha value is -2.04. The number of hydrogen-bond acceptors (Lipinski definition) is 5. The predicted octanol–water partition coefficient (Wildman–Crippen LogP) is 2.30. The number of nitrogens with one attached hydrogen (secondary N) is 1. The van der Waals surface area contributed by atoms with Crippen LogP contribution >= 0.6 is 0 Å². The largest absolute Gasteiger partial charge is 0.493 e. The number of ether oxygens (including phenoxy) is 2. The Bertz CT molecular complexity index is 432. The Balaban J connectivity index is 2.75. The van der Waals surface area contributed by atoms with Gasteiger partial charge < -0.3 is 19.6 Å². The zero-order valence-electron chi connectivity index (χ0n) is 11.3. The summed E-state index contributed by atoms with van der Waals surface area (Å²) in [6, 6.07) is 3.38. The van der Waals surface area contributed by atoms with Crippen LogP contribution in [0.3, 0.4) is 0 Å². The van der Waals surface area contributed by atoms with Gasteiger partial charge in [0.25, 0.3) is 0 Å². The monoisotopic (exact) mass is 265 g/mol. The first kappa shape index (κ1) is 15.0. The van der Waals surface area contributed by atoms with E-state index >= 15 is 0 Å². The van der Waals surface area contributed by atoms with Crippen molar-refractivity contribution >= 4 is 18.3 Å². The molecule has 1 aromatic carbocycles. The van der Waals surface area contributed by atoms with E-state index in [1.807, 2.05) is 0 Å². The van der Waals surface area contributed by atoms with Gasteiger partial charge in [0.1, 0.15) is 6.29 Å². The van der Waals surface area contributed by atoms with Crippen LogP contribution in [-0.4, -0.2) is 33.3 Å². The van der Waals surface area contributed by atoms with E-state index in [1.165, 1.54) is 7.11 Å². The van der Waals surface area contributed by atoms with Crippen LogP contribution in [0.25, 0.3) is 0 Å². The van der Waals surface area contributed by atoms with Crippen molar-refractivity contribution in [2.24, 2.45) is 0 Å². The lowest BCUT2D eigenvalue weighted by molar-refractivity contribution is -0.107. The highest BCUT2D eigenvalue weighted by molar-refractivity contribution is 5.86. The summed E-state index contributed by atoms with van der Waals surface area (Å²) >= 11 is 0. The third kappa shape index (κ3) is 4.28. The van der Waals surface area contributed by atoms with Crippen molar-refractivity contribution in [2.75, 3.05) is 26.1 Å². The van der Waals surface area contributed by atoms with E-state index in [0.29, 0.717) is 35.8 Å². The third-order valence-corrected chi connectivity index (χ3v) is 2.71. The fourth-order valence-corrected chi connectivity index (χ4v) is 1.67. The van der Waals surface area contributed by atoms with Crippen molar-refractivity contribution in [3.8, 4) is 11.5 Å². The number of anilines is 1. The summed E-state index contributed by atoms with van der Waals surface area (Å²) in [5, 5.41) is 2.94. The fourth-order valence-electron chi connectivity index (χ4n) is 1.67. The smallest absolute Gasteiger partial charge is 0.163 e. The van der Waals surface area contributed by atoms with E-state index in [2.05, 4.69) is 5.32 Å². The number of rotatable bonds is 9. The molecule has 0 amide bonds. The number of hydrogen-bond donors (Lipinski definition) is 1.